The molecule has 0 unspecified atom stereocenters. The van der Waals surface area contributed by atoms with Crippen molar-refractivity contribution in [3.05, 3.63) is 18.2 Å². The van der Waals surface area contributed by atoms with Gasteiger partial charge in [-0.2, -0.15) is 0 Å². The summed E-state index contributed by atoms with van der Waals surface area (Å²) in [5.41, 5.74) is 0.0429. The first-order chi connectivity index (χ1) is 7.01. The van der Waals surface area contributed by atoms with Gasteiger partial charge in [-0.1, -0.05) is 0 Å². The molecule has 6 nitrogen and oxygen atoms in total. The van der Waals surface area contributed by atoms with Gasteiger partial charge < -0.3 is 10.4 Å². The van der Waals surface area contributed by atoms with E-state index in [1.807, 2.05) is 0 Å². The fourth-order valence-electron chi connectivity index (χ4n) is 0.979. The second kappa shape index (κ2) is 4.28. The molecule has 0 aromatic heterocycles. The molecule has 15 heavy (non-hydrogen) atoms. The molecular weight excluding hydrogens is 220 g/mol. The van der Waals surface area contributed by atoms with Crippen LogP contribution < -0.4 is 10.0 Å². The van der Waals surface area contributed by atoms with E-state index in [-0.39, 0.29) is 16.3 Å². The van der Waals surface area contributed by atoms with Crippen LogP contribution in [0.15, 0.2) is 23.1 Å². The Morgan fingerprint density at radius 1 is 1.40 bits per heavy atom. The lowest BCUT2D eigenvalue weighted by atomic mass is 10.3. The first-order valence-electron chi connectivity index (χ1n) is 3.98. The summed E-state index contributed by atoms with van der Waals surface area (Å²) < 4.78 is 24.8. The Kier molecular flexibility index (Phi) is 3.28. The molecule has 0 bridgehead atoms. The van der Waals surface area contributed by atoms with E-state index in [4.69, 9.17) is 0 Å². The standard InChI is InChI=1S/C8H10N2O4S/c1-9-15(13,14)6-2-3-8(12)7(4-6)10-5-11/h2-5,9,12H,1H3,(H,10,11). The monoisotopic (exact) mass is 230 g/mol. The number of hydrogen-bond acceptors (Lipinski definition) is 4. The van der Waals surface area contributed by atoms with Gasteiger partial charge in [0, 0.05) is 0 Å². The smallest absolute Gasteiger partial charge is 0.240 e. The third kappa shape index (κ3) is 2.45. The summed E-state index contributed by atoms with van der Waals surface area (Å²) >= 11 is 0. The largest absolute Gasteiger partial charge is 0.506 e. The fourth-order valence-corrected chi connectivity index (χ4v) is 1.74. The second-order valence-electron chi connectivity index (χ2n) is 2.65. The normalized spacial score (nSPS) is 11.0. The maximum Gasteiger partial charge on any atom is 0.240 e. The van der Waals surface area contributed by atoms with Gasteiger partial charge in [-0.25, -0.2) is 13.1 Å². The van der Waals surface area contributed by atoms with Crippen molar-refractivity contribution in [2.45, 2.75) is 4.90 Å². The zero-order valence-corrected chi connectivity index (χ0v) is 8.71. The number of rotatable bonds is 4. The van der Waals surface area contributed by atoms with Crippen molar-refractivity contribution in [2.75, 3.05) is 12.4 Å². The molecule has 0 fully saturated rings. The summed E-state index contributed by atoms with van der Waals surface area (Å²) in [5.74, 6) is -0.197. The molecule has 0 aliphatic heterocycles. The van der Waals surface area contributed by atoms with Crippen molar-refractivity contribution in [3.8, 4) is 5.75 Å². The van der Waals surface area contributed by atoms with E-state index < -0.39 is 10.0 Å². The summed E-state index contributed by atoms with van der Waals surface area (Å²) in [7, 11) is -2.30. The maximum atomic E-state index is 11.4. The Morgan fingerprint density at radius 2 is 2.07 bits per heavy atom. The molecule has 0 atom stereocenters. The van der Waals surface area contributed by atoms with Crippen molar-refractivity contribution in [3.63, 3.8) is 0 Å². The molecule has 1 amide bonds. The van der Waals surface area contributed by atoms with Crippen molar-refractivity contribution >= 4 is 22.1 Å². The van der Waals surface area contributed by atoms with Gasteiger partial charge in [0.25, 0.3) is 0 Å². The Hall–Kier alpha value is -1.60. The number of phenolic OH excluding ortho intramolecular Hbond substituents is 1. The zero-order valence-electron chi connectivity index (χ0n) is 7.89. The number of nitrogens with one attached hydrogen (secondary N) is 2. The number of aromatic hydroxyl groups is 1. The van der Waals surface area contributed by atoms with Crippen molar-refractivity contribution in [1.82, 2.24) is 4.72 Å². The number of carbonyl (C=O) groups is 1. The Morgan fingerprint density at radius 3 is 2.60 bits per heavy atom. The molecule has 0 spiro atoms. The summed E-state index contributed by atoms with van der Waals surface area (Å²) in [6.07, 6.45) is 0.352. The summed E-state index contributed by atoms with van der Waals surface area (Å²) in [5, 5.41) is 11.5. The molecule has 1 aromatic carbocycles. The lowest BCUT2D eigenvalue weighted by Gasteiger charge is -2.06. The van der Waals surface area contributed by atoms with Gasteiger partial charge in [0.15, 0.2) is 0 Å². The molecule has 0 saturated carbocycles. The van der Waals surface area contributed by atoms with Gasteiger partial charge in [-0.3, -0.25) is 4.79 Å². The minimum absolute atomic E-state index is 0.0350. The van der Waals surface area contributed by atoms with E-state index >= 15 is 0 Å². The van der Waals surface area contributed by atoms with Gasteiger partial charge in [0.2, 0.25) is 16.4 Å². The highest BCUT2D eigenvalue weighted by Gasteiger charge is 2.13. The van der Waals surface area contributed by atoms with Crippen LogP contribution in [0.4, 0.5) is 5.69 Å². The van der Waals surface area contributed by atoms with Crippen molar-refractivity contribution in [1.29, 1.82) is 0 Å². The molecule has 0 radical (unpaired) electrons. The average Bonchev–Trinajstić information content (AvgIpc) is 2.21. The van der Waals surface area contributed by atoms with Crippen LogP contribution in [0.1, 0.15) is 0 Å². The predicted molar refractivity (Wildman–Crippen MR) is 54.0 cm³/mol. The van der Waals surface area contributed by atoms with Crippen molar-refractivity contribution in [2.24, 2.45) is 0 Å². The molecule has 7 heteroatoms. The van der Waals surface area contributed by atoms with E-state index in [0.29, 0.717) is 6.41 Å². The maximum absolute atomic E-state index is 11.4. The predicted octanol–water partition coefficient (Wildman–Crippen LogP) is -0.131. The first-order valence-corrected chi connectivity index (χ1v) is 5.46. The number of amides is 1. The van der Waals surface area contributed by atoms with Crippen molar-refractivity contribution < 1.29 is 18.3 Å². The molecule has 0 aliphatic rings. The molecule has 82 valence electrons. The summed E-state index contributed by atoms with van der Waals surface area (Å²) in [6.45, 7) is 0. The van der Waals surface area contributed by atoms with Crippen LogP contribution in [0.3, 0.4) is 0 Å². The molecule has 1 rings (SSSR count). The molecule has 3 N–H and O–H groups in total. The third-order valence-electron chi connectivity index (χ3n) is 1.76. The Labute approximate surface area is 87.0 Å². The molecule has 0 heterocycles. The van der Waals surface area contributed by atoms with Gasteiger partial charge in [-0.05, 0) is 25.2 Å². The van der Waals surface area contributed by atoms with Gasteiger partial charge in [0.05, 0.1) is 10.6 Å². The second-order valence-corrected chi connectivity index (χ2v) is 4.54. The summed E-state index contributed by atoms with van der Waals surface area (Å²) in [6, 6.07) is 3.59. The highest BCUT2D eigenvalue weighted by Crippen LogP contribution is 2.25. The van der Waals surface area contributed by atoms with Crippen LogP contribution in [-0.2, 0) is 14.8 Å². The van der Waals surface area contributed by atoms with Crippen LogP contribution in [0.5, 0.6) is 5.75 Å². The van der Waals surface area contributed by atoms with Gasteiger partial charge in [0.1, 0.15) is 5.75 Å². The number of hydrogen-bond donors (Lipinski definition) is 3. The minimum atomic E-state index is -3.57. The summed E-state index contributed by atoms with van der Waals surface area (Å²) in [4.78, 5) is 10.1. The Bertz CT molecular complexity index is 470. The minimum Gasteiger partial charge on any atom is -0.506 e. The van der Waals surface area contributed by atoms with Crippen LogP contribution in [0.25, 0.3) is 0 Å². The topological polar surface area (TPSA) is 95.5 Å². The van der Waals surface area contributed by atoms with Crippen LogP contribution in [0, 0.1) is 0 Å². The SMILES string of the molecule is CNS(=O)(=O)c1ccc(O)c(NC=O)c1. The number of anilines is 1. The Balaban J connectivity index is 3.24. The van der Waals surface area contributed by atoms with Gasteiger partial charge in [-0.15, -0.1) is 0 Å². The van der Waals surface area contributed by atoms with Crippen LogP contribution in [-0.4, -0.2) is 27.0 Å². The van der Waals surface area contributed by atoms with E-state index in [0.717, 1.165) is 6.07 Å². The highest BCUT2D eigenvalue weighted by molar-refractivity contribution is 7.89. The average molecular weight is 230 g/mol. The van der Waals surface area contributed by atoms with Crippen LogP contribution >= 0.6 is 0 Å². The van der Waals surface area contributed by atoms with E-state index in [1.54, 1.807) is 0 Å². The molecule has 0 saturated heterocycles. The van der Waals surface area contributed by atoms with Gasteiger partial charge >= 0.3 is 0 Å². The quantitative estimate of drug-likeness (QED) is 0.496. The first kappa shape index (κ1) is 11.5. The number of phenols is 1. The lowest BCUT2D eigenvalue weighted by Crippen LogP contribution is -2.18. The number of benzene rings is 1. The third-order valence-corrected chi connectivity index (χ3v) is 3.17. The van der Waals surface area contributed by atoms with E-state index in [9.17, 15) is 18.3 Å². The molecule has 0 aliphatic carbocycles. The lowest BCUT2D eigenvalue weighted by molar-refractivity contribution is -0.105. The fraction of sp³-hybridized carbons (Fsp3) is 0.125. The van der Waals surface area contributed by atoms with E-state index in [1.165, 1.54) is 19.2 Å². The van der Waals surface area contributed by atoms with E-state index in [2.05, 4.69) is 10.0 Å². The highest BCUT2D eigenvalue weighted by atomic mass is 32.2. The number of sulfonamides is 1. The molecular formula is C8H10N2O4S. The zero-order chi connectivity index (χ0) is 11.5. The molecule has 1 aromatic rings. The van der Waals surface area contributed by atoms with Crippen LogP contribution in [0.2, 0.25) is 0 Å². The number of carbonyl (C=O) groups excluding carboxylic acids is 1.